The molecule has 2 rings (SSSR count). The van der Waals surface area contributed by atoms with Gasteiger partial charge in [0.05, 0.1) is 0 Å². The summed E-state index contributed by atoms with van der Waals surface area (Å²) in [6.45, 7) is 2.68. The van der Waals surface area contributed by atoms with E-state index in [4.69, 9.17) is 0 Å². The highest BCUT2D eigenvalue weighted by Gasteiger charge is 2.30. The van der Waals surface area contributed by atoms with Crippen molar-refractivity contribution < 1.29 is 17.9 Å². The van der Waals surface area contributed by atoms with Gasteiger partial charge in [-0.1, -0.05) is 12.1 Å². The Hall–Kier alpha value is -1.27. The predicted octanol–water partition coefficient (Wildman–Crippen LogP) is 2.43. The molecule has 0 unspecified atom stereocenters. The molecular formula is C13H17F3N2O. The lowest BCUT2D eigenvalue weighted by Crippen LogP contribution is -2.39. The van der Waals surface area contributed by atoms with Gasteiger partial charge in [0.2, 0.25) is 0 Å². The molecule has 0 radical (unpaired) electrons. The molecule has 1 aromatic rings. The lowest BCUT2D eigenvalue weighted by atomic mass is 10.1. The van der Waals surface area contributed by atoms with Gasteiger partial charge in [-0.25, -0.2) is 0 Å². The van der Waals surface area contributed by atoms with E-state index in [1.54, 1.807) is 12.1 Å². The number of halogens is 3. The standard InChI is InChI=1S/C13H17F3N2O/c14-13(15,16)19-12-3-1-10(2-4-12)9-18-11-5-7-17-8-6-11/h1-4,11,17-18H,5-9H2. The van der Waals surface area contributed by atoms with Gasteiger partial charge >= 0.3 is 6.36 Å². The van der Waals surface area contributed by atoms with E-state index in [1.807, 2.05) is 0 Å². The normalized spacial score (nSPS) is 17.4. The van der Waals surface area contributed by atoms with Gasteiger partial charge in [0, 0.05) is 12.6 Å². The molecule has 0 bridgehead atoms. The fourth-order valence-electron chi connectivity index (χ4n) is 2.10. The molecule has 2 N–H and O–H groups in total. The highest BCUT2D eigenvalue weighted by Crippen LogP contribution is 2.22. The minimum Gasteiger partial charge on any atom is -0.406 e. The van der Waals surface area contributed by atoms with E-state index in [0.29, 0.717) is 12.6 Å². The molecule has 0 amide bonds. The largest absolute Gasteiger partial charge is 0.573 e. The zero-order valence-corrected chi connectivity index (χ0v) is 10.5. The summed E-state index contributed by atoms with van der Waals surface area (Å²) in [5, 5.41) is 6.68. The molecule has 1 saturated heterocycles. The number of piperidine rings is 1. The molecule has 1 aliphatic rings. The Kier molecular flexibility index (Phi) is 4.66. The second-order valence-corrected chi connectivity index (χ2v) is 4.60. The molecular weight excluding hydrogens is 257 g/mol. The molecule has 1 heterocycles. The van der Waals surface area contributed by atoms with Crippen molar-refractivity contribution in [2.24, 2.45) is 0 Å². The van der Waals surface area contributed by atoms with Crippen LogP contribution in [0.5, 0.6) is 5.75 Å². The van der Waals surface area contributed by atoms with E-state index in [0.717, 1.165) is 31.5 Å². The molecule has 0 saturated carbocycles. The fourth-order valence-corrected chi connectivity index (χ4v) is 2.10. The van der Waals surface area contributed by atoms with E-state index in [1.165, 1.54) is 12.1 Å². The quantitative estimate of drug-likeness (QED) is 0.884. The van der Waals surface area contributed by atoms with E-state index in [2.05, 4.69) is 15.4 Å². The van der Waals surface area contributed by atoms with E-state index in [-0.39, 0.29) is 5.75 Å². The summed E-state index contributed by atoms with van der Waals surface area (Å²) < 4.78 is 39.8. The number of benzene rings is 1. The summed E-state index contributed by atoms with van der Waals surface area (Å²) in [6.07, 6.45) is -2.47. The first-order valence-electron chi connectivity index (χ1n) is 6.32. The Labute approximate surface area is 110 Å². The Balaban J connectivity index is 1.81. The second-order valence-electron chi connectivity index (χ2n) is 4.60. The maximum atomic E-state index is 12.0. The van der Waals surface area contributed by atoms with Crippen LogP contribution in [0.4, 0.5) is 13.2 Å². The molecule has 6 heteroatoms. The lowest BCUT2D eigenvalue weighted by molar-refractivity contribution is -0.274. The van der Waals surface area contributed by atoms with Gasteiger partial charge < -0.3 is 15.4 Å². The van der Waals surface area contributed by atoms with Crippen LogP contribution < -0.4 is 15.4 Å². The van der Waals surface area contributed by atoms with Crippen LogP contribution in [0.3, 0.4) is 0 Å². The number of hydrogen-bond donors (Lipinski definition) is 2. The van der Waals surface area contributed by atoms with Crippen LogP contribution in [-0.2, 0) is 6.54 Å². The minimum absolute atomic E-state index is 0.182. The molecule has 1 fully saturated rings. The van der Waals surface area contributed by atoms with Crippen LogP contribution >= 0.6 is 0 Å². The summed E-state index contributed by atoms with van der Waals surface area (Å²) in [5.74, 6) is -0.182. The van der Waals surface area contributed by atoms with Gasteiger partial charge in [0.1, 0.15) is 5.75 Å². The topological polar surface area (TPSA) is 33.3 Å². The average molecular weight is 274 g/mol. The smallest absolute Gasteiger partial charge is 0.406 e. The molecule has 106 valence electrons. The first-order valence-corrected chi connectivity index (χ1v) is 6.32. The molecule has 1 aromatic carbocycles. The maximum Gasteiger partial charge on any atom is 0.573 e. The Morgan fingerprint density at radius 2 is 1.79 bits per heavy atom. The van der Waals surface area contributed by atoms with Crippen LogP contribution in [0.1, 0.15) is 18.4 Å². The Bertz CT molecular complexity index is 386. The summed E-state index contributed by atoms with van der Waals surface area (Å²) in [7, 11) is 0. The van der Waals surface area contributed by atoms with Crippen LogP contribution in [0.15, 0.2) is 24.3 Å². The van der Waals surface area contributed by atoms with Gasteiger partial charge in [-0.05, 0) is 43.6 Å². The Morgan fingerprint density at radius 1 is 1.16 bits per heavy atom. The van der Waals surface area contributed by atoms with Crippen molar-refractivity contribution in [2.75, 3.05) is 13.1 Å². The number of hydrogen-bond acceptors (Lipinski definition) is 3. The predicted molar refractivity (Wildman–Crippen MR) is 65.9 cm³/mol. The summed E-state index contributed by atoms with van der Waals surface area (Å²) in [5.41, 5.74) is 0.952. The van der Waals surface area contributed by atoms with Gasteiger partial charge in [-0.2, -0.15) is 0 Å². The van der Waals surface area contributed by atoms with Crippen molar-refractivity contribution in [3.63, 3.8) is 0 Å². The third-order valence-corrected chi connectivity index (χ3v) is 3.09. The number of alkyl halides is 3. The van der Waals surface area contributed by atoms with Crippen molar-refractivity contribution in [1.82, 2.24) is 10.6 Å². The highest BCUT2D eigenvalue weighted by atomic mass is 19.4. The monoisotopic (exact) mass is 274 g/mol. The third-order valence-electron chi connectivity index (χ3n) is 3.09. The Morgan fingerprint density at radius 3 is 2.37 bits per heavy atom. The second kappa shape index (κ2) is 6.25. The van der Waals surface area contributed by atoms with Crippen LogP contribution in [0.25, 0.3) is 0 Å². The molecule has 0 aliphatic carbocycles. The molecule has 0 spiro atoms. The van der Waals surface area contributed by atoms with E-state index in [9.17, 15) is 13.2 Å². The maximum absolute atomic E-state index is 12.0. The molecule has 1 aliphatic heterocycles. The van der Waals surface area contributed by atoms with Crippen LogP contribution in [-0.4, -0.2) is 25.5 Å². The number of ether oxygens (including phenoxy) is 1. The summed E-state index contributed by atoms with van der Waals surface area (Å²) in [4.78, 5) is 0. The van der Waals surface area contributed by atoms with E-state index < -0.39 is 6.36 Å². The summed E-state index contributed by atoms with van der Waals surface area (Å²) >= 11 is 0. The van der Waals surface area contributed by atoms with Gasteiger partial charge in [0.25, 0.3) is 0 Å². The zero-order chi connectivity index (χ0) is 13.7. The van der Waals surface area contributed by atoms with Crippen LogP contribution in [0, 0.1) is 0 Å². The number of rotatable bonds is 4. The van der Waals surface area contributed by atoms with Crippen molar-refractivity contribution in [2.45, 2.75) is 31.8 Å². The van der Waals surface area contributed by atoms with Crippen molar-refractivity contribution in [3.8, 4) is 5.75 Å². The third kappa shape index (κ3) is 5.08. The molecule has 3 nitrogen and oxygen atoms in total. The zero-order valence-electron chi connectivity index (χ0n) is 10.5. The molecule has 0 aromatic heterocycles. The first kappa shape index (κ1) is 14.1. The van der Waals surface area contributed by atoms with E-state index >= 15 is 0 Å². The molecule has 19 heavy (non-hydrogen) atoms. The van der Waals surface area contributed by atoms with Crippen molar-refractivity contribution in [3.05, 3.63) is 29.8 Å². The van der Waals surface area contributed by atoms with Crippen molar-refractivity contribution >= 4 is 0 Å². The van der Waals surface area contributed by atoms with Gasteiger partial charge in [0.15, 0.2) is 0 Å². The SMILES string of the molecule is FC(F)(F)Oc1ccc(CNC2CCNCC2)cc1. The molecule has 0 atom stereocenters. The lowest BCUT2D eigenvalue weighted by Gasteiger charge is -2.23. The van der Waals surface area contributed by atoms with Crippen molar-refractivity contribution in [1.29, 1.82) is 0 Å². The highest BCUT2D eigenvalue weighted by molar-refractivity contribution is 5.27. The van der Waals surface area contributed by atoms with Gasteiger partial charge in [-0.15, -0.1) is 13.2 Å². The first-order chi connectivity index (χ1) is 9.03. The summed E-state index contributed by atoms with van der Waals surface area (Å²) in [6, 6.07) is 6.46. The van der Waals surface area contributed by atoms with Crippen LogP contribution in [0.2, 0.25) is 0 Å². The fraction of sp³-hybridized carbons (Fsp3) is 0.538. The average Bonchev–Trinajstić information content (AvgIpc) is 2.37. The minimum atomic E-state index is -4.63. The van der Waals surface area contributed by atoms with Gasteiger partial charge in [-0.3, -0.25) is 0 Å². The number of nitrogens with one attached hydrogen (secondary N) is 2.